The molecular formula is C23H38O5Si. The van der Waals surface area contributed by atoms with Gasteiger partial charge in [0.15, 0.2) is 0 Å². The van der Waals surface area contributed by atoms with Crippen LogP contribution in [-0.2, 0) is 25.6 Å². The summed E-state index contributed by atoms with van der Waals surface area (Å²) in [5.74, 6) is 0.824. The number of hydrogen-bond acceptors (Lipinski definition) is 5. The summed E-state index contributed by atoms with van der Waals surface area (Å²) in [5, 5.41) is 0. The molecule has 2 atom stereocenters. The van der Waals surface area contributed by atoms with Gasteiger partial charge in [0.05, 0.1) is 25.2 Å². The van der Waals surface area contributed by atoms with E-state index in [0.29, 0.717) is 13.2 Å². The Morgan fingerprint density at radius 3 is 2.28 bits per heavy atom. The van der Waals surface area contributed by atoms with E-state index in [-0.39, 0.29) is 12.6 Å². The third kappa shape index (κ3) is 8.82. The highest BCUT2D eigenvalue weighted by Crippen LogP contribution is 2.30. The summed E-state index contributed by atoms with van der Waals surface area (Å²) in [6.45, 7) is 17.3. The fraction of sp³-hybridized carbons (Fsp3) is 0.609. The van der Waals surface area contributed by atoms with Crippen molar-refractivity contribution < 1.29 is 23.7 Å². The number of carbonyl (C=O) groups is 1. The van der Waals surface area contributed by atoms with E-state index in [0.717, 1.165) is 17.4 Å². The van der Waals surface area contributed by atoms with Crippen LogP contribution in [0.2, 0.25) is 25.7 Å². The van der Waals surface area contributed by atoms with Gasteiger partial charge in [-0.2, -0.15) is 0 Å². The molecule has 1 aromatic rings. The molecule has 0 saturated carbocycles. The van der Waals surface area contributed by atoms with Crippen LogP contribution in [-0.4, -0.2) is 46.6 Å². The smallest absolute Gasteiger partial charge is 0.147 e. The highest BCUT2D eigenvalue weighted by Gasteiger charge is 2.40. The average Bonchev–Trinajstić information content (AvgIpc) is 2.65. The van der Waals surface area contributed by atoms with Crippen molar-refractivity contribution in [3.05, 3.63) is 42.5 Å². The van der Waals surface area contributed by atoms with Crippen LogP contribution in [0.5, 0.6) is 5.75 Å². The molecule has 0 aliphatic carbocycles. The Bertz CT molecular complexity index is 634. The zero-order chi connectivity index (χ0) is 22.1. The first-order valence-electron chi connectivity index (χ1n) is 10.1. The Morgan fingerprint density at radius 1 is 1.17 bits per heavy atom. The molecule has 0 bridgehead atoms. The predicted octanol–water partition coefficient (Wildman–Crippen LogP) is 5.08. The normalized spacial score (nSPS) is 14.3. The molecule has 0 spiro atoms. The van der Waals surface area contributed by atoms with Crippen molar-refractivity contribution in [1.29, 1.82) is 0 Å². The average molecular weight is 423 g/mol. The third-order valence-electron chi connectivity index (χ3n) is 5.08. The number of hydrogen-bond donors (Lipinski definition) is 0. The van der Waals surface area contributed by atoms with Crippen LogP contribution in [0.3, 0.4) is 0 Å². The van der Waals surface area contributed by atoms with Crippen LogP contribution in [0.1, 0.15) is 26.3 Å². The lowest BCUT2D eigenvalue weighted by Crippen LogP contribution is -2.46. The van der Waals surface area contributed by atoms with Gasteiger partial charge in [0.1, 0.15) is 24.4 Å². The fourth-order valence-electron chi connectivity index (χ4n) is 2.66. The van der Waals surface area contributed by atoms with Gasteiger partial charge in [-0.25, -0.2) is 0 Å². The van der Waals surface area contributed by atoms with Gasteiger partial charge in [-0.3, -0.25) is 4.79 Å². The number of benzene rings is 1. The quantitative estimate of drug-likeness (QED) is 0.181. The fourth-order valence-corrected chi connectivity index (χ4v) is 3.42. The van der Waals surface area contributed by atoms with Crippen molar-refractivity contribution in [2.75, 3.05) is 20.5 Å². The minimum Gasteiger partial charge on any atom is -0.497 e. The molecule has 5 nitrogen and oxygen atoms in total. The summed E-state index contributed by atoms with van der Waals surface area (Å²) in [6.07, 6.45) is 0.741. The number of methoxy groups -OCH3 is 1. The summed E-state index contributed by atoms with van der Waals surface area (Å²) in [6, 6.07) is 8.74. The molecule has 1 aromatic carbocycles. The van der Waals surface area contributed by atoms with Crippen molar-refractivity contribution in [1.82, 2.24) is 0 Å². The minimum absolute atomic E-state index is 0.0346. The van der Waals surface area contributed by atoms with E-state index in [1.54, 1.807) is 20.1 Å². The topological polar surface area (TPSA) is 54.0 Å². The lowest BCUT2D eigenvalue weighted by atomic mass is 9.80. The molecule has 164 valence electrons. The molecule has 0 radical (unpaired) electrons. The maximum Gasteiger partial charge on any atom is 0.147 e. The van der Waals surface area contributed by atoms with Gasteiger partial charge >= 0.3 is 0 Å². The van der Waals surface area contributed by atoms with E-state index in [1.165, 1.54) is 0 Å². The van der Waals surface area contributed by atoms with Gasteiger partial charge in [-0.05, 0) is 30.7 Å². The highest BCUT2D eigenvalue weighted by molar-refractivity contribution is 6.76. The Balaban J connectivity index is 2.77. The maximum absolute atomic E-state index is 12.3. The number of Topliss-reactive ketones (excluding diaryl/α,β-unsaturated/α-hetero) is 1. The number of carbonyl (C=O) groups excluding carboxylic acids is 1. The molecule has 0 heterocycles. The Kier molecular flexibility index (Phi) is 10.3. The SMILES string of the molecule is C=C[C@H](OCOCC[Si](C)(C)C)[C@@H](OCc1ccc(OC)cc1)C(C)(C)C(C)=O. The minimum atomic E-state index is -1.15. The second-order valence-electron chi connectivity index (χ2n) is 9.06. The summed E-state index contributed by atoms with van der Waals surface area (Å²) in [4.78, 5) is 12.3. The second kappa shape index (κ2) is 11.6. The van der Waals surface area contributed by atoms with Gasteiger partial charge in [0.25, 0.3) is 0 Å². The van der Waals surface area contributed by atoms with E-state index in [2.05, 4.69) is 26.2 Å². The van der Waals surface area contributed by atoms with E-state index in [1.807, 2.05) is 38.1 Å². The molecule has 0 unspecified atom stereocenters. The Hall–Kier alpha value is -1.47. The van der Waals surface area contributed by atoms with E-state index < -0.39 is 25.7 Å². The van der Waals surface area contributed by atoms with Crippen molar-refractivity contribution >= 4 is 13.9 Å². The van der Waals surface area contributed by atoms with Gasteiger partial charge in [-0.15, -0.1) is 6.58 Å². The zero-order valence-electron chi connectivity index (χ0n) is 19.1. The van der Waals surface area contributed by atoms with Gasteiger partial charge < -0.3 is 18.9 Å². The van der Waals surface area contributed by atoms with Crippen molar-refractivity contribution in [3.8, 4) is 5.75 Å². The van der Waals surface area contributed by atoms with E-state index >= 15 is 0 Å². The maximum atomic E-state index is 12.3. The lowest BCUT2D eigenvalue weighted by Gasteiger charge is -2.36. The second-order valence-corrected chi connectivity index (χ2v) is 14.7. The summed E-state index contributed by atoms with van der Waals surface area (Å²) in [7, 11) is 0.488. The Labute approximate surface area is 177 Å². The summed E-state index contributed by atoms with van der Waals surface area (Å²) < 4.78 is 22.9. The Morgan fingerprint density at radius 2 is 1.79 bits per heavy atom. The van der Waals surface area contributed by atoms with Crippen molar-refractivity contribution in [2.45, 2.75) is 65.3 Å². The van der Waals surface area contributed by atoms with Crippen molar-refractivity contribution in [2.24, 2.45) is 5.41 Å². The largest absolute Gasteiger partial charge is 0.497 e. The molecule has 0 saturated heterocycles. The molecule has 0 amide bonds. The molecule has 0 aromatic heterocycles. The molecule has 1 rings (SSSR count). The summed E-state index contributed by atoms with van der Waals surface area (Å²) in [5.41, 5.74) is 0.258. The van der Waals surface area contributed by atoms with Crippen LogP contribution < -0.4 is 4.74 Å². The zero-order valence-corrected chi connectivity index (χ0v) is 20.1. The molecule has 0 aliphatic rings. The standard InChI is InChI=1S/C23H38O5Si/c1-9-21(28-17-26-14-15-29(6,7)8)22(23(3,4)18(2)24)27-16-19-10-12-20(25-5)13-11-19/h9-13,21-22H,1,14-17H2,2-8H3/t21-,22+/m0/s1. The molecule has 6 heteroatoms. The number of rotatable bonds is 14. The molecule has 29 heavy (non-hydrogen) atoms. The van der Waals surface area contributed by atoms with Crippen LogP contribution in [0.15, 0.2) is 36.9 Å². The first-order chi connectivity index (χ1) is 13.5. The first-order valence-corrected chi connectivity index (χ1v) is 13.8. The molecule has 0 aliphatic heterocycles. The van der Waals surface area contributed by atoms with Gasteiger partial charge in [0, 0.05) is 14.7 Å². The van der Waals surface area contributed by atoms with Crippen LogP contribution in [0.25, 0.3) is 0 Å². The molecule has 0 N–H and O–H groups in total. The van der Waals surface area contributed by atoms with E-state index in [4.69, 9.17) is 18.9 Å². The number of ether oxygens (including phenoxy) is 4. The van der Waals surface area contributed by atoms with Crippen LogP contribution in [0.4, 0.5) is 0 Å². The van der Waals surface area contributed by atoms with Gasteiger partial charge in [0.2, 0.25) is 0 Å². The molecular weight excluding hydrogens is 384 g/mol. The van der Waals surface area contributed by atoms with Crippen LogP contribution >= 0.6 is 0 Å². The lowest BCUT2D eigenvalue weighted by molar-refractivity contribution is -0.162. The van der Waals surface area contributed by atoms with Crippen molar-refractivity contribution in [3.63, 3.8) is 0 Å². The number of ketones is 1. The highest BCUT2D eigenvalue weighted by atomic mass is 28.3. The monoisotopic (exact) mass is 422 g/mol. The summed E-state index contributed by atoms with van der Waals surface area (Å²) >= 11 is 0. The van der Waals surface area contributed by atoms with E-state index in [9.17, 15) is 4.79 Å². The first kappa shape index (κ1) is 25.6. The predicted molar refractivity (Wildman–Crippen MR) is 120 cm³/mol. The van der Waals surface area contributed by atoms with Crippen LogP contribution in [0, 0.1) is 5.41 Å². The van der Waals surface area contributed by atoms with Gasteiger partial charge in [-0.1, -0.05) is 51.7 Å². The molecule has 0 fully saturated rings. The third-order valence-corrected chi connectivity index (χ3v) is 6.78.